The summed E-state index contributed by atoms with van der Waals surface area (Å²) in [5.74, 6) is 0.293. The van der Waals surface area contributed by atoms with Gasteiger partial charge in [-0.25, -0.2) is 0 Å². The van der Waals surface area contributed by atoms with Gasteiger partial charge in [0.05, 0.1) is 0 Å². The number of benzene rings is 1. The van der Waals surface area contributed by atoms with Gasteiger partial charge in [-0.2, -0.15) is 0 Å². The molecule has 1 N–H and O–H groups in total. The third kappa shape index (κ3) is 4.10. The Bertz CT molecular complexity index is 957. The van der Waals surface area contributed by atoms with Crippen LogP contribution in [0.25, 0.3) is 0 Å². The predicted octanol–water partition coefficient (Wildman–Crippen LogP) is 3.75. The number of carbonyl (C=O) groups is 2. The second-order valence-corrected chi connectivity index (χ2v) is 9.11. The molecule has 1 aliphatic heterocycles. The molecule has 5 nitrogen and oxygen atoms in total. The highest BCUT2D eigenvalue weighted by Crippen LogP contribution is 2.33. The van der Waals surface area contributed by atoms with Crippen molar-refractivity contribution in [1.82, 2.24) is 15.2 Å². The molecule has 4 rings (SSSR count). The van der Waals surface area contributed by atoms with Crippen LogP contribution in [0.15, 0.2) is 36.4 Å². The summed E-state index contributed by atoms with van der Waals surface area (Å²) in [6.45, 7) is 8.58. The first-order valence-electron chi connectivity index (χ1n) is 11.5. The summed E-state index contributed by atoms with van der Waals surface area (Å²) in [4.78, 5) is 33.6. The number of piperazine rings is 1. The van der Waals surface area contributed by atoms with E-state index in [4.69, 9.17) is 0 Å². The largest absolute Gasteiger partial charge is 0.342 e. The normalized spacial score (nSPS) is 21.5. The molecule has 2 aromatic rings. The number of carbonyl (C=O) groups excluding carboxylic acids is 2. The molecule has 0 saturated carbocycles. The molecule has 0 radical (unpaired) electrons. The smallest absolute Gasteiger partial charge is 0.246 e. The van der Waals surface area contributed by atoms with Gasteiger partial charge in [-0.1, -0.05) is 57.0 Å². The molecule has 2 aliphatic rings. The quantitative estimate of drug-likeness (QED) is 0.776. The first-order valence-corrected chi connectivity index (χ1v) is 11.5. The molecule has 1 aromatic carbocycles. The van der Waals surface area contributed by atoms with Gasteiger partial charge in [0.25, 0.3) is 0 Å². The van der Waals surface area contributed by atoms with Crippen molar-refractivity contribution < 1.29 is 9.59 Å². The molecule has 164 valence electrons. The van der Waals surface area contributed by atoms with Crippen molar-refractivity contribution in [2.45, 2.75) is 72.0 Å². The van der Waals surface area contributed by atoms with Crippen LogP contribution < -0.4 is 5.32 Å². The van der Waals surface area contributed by atoms with Crippen LogP contribution >= 0.6 is 0 Å². The van der Waals surface area contributed by atoms with E-state index in [1.54, 1.807) is 0 Å². The average molecular weight is 420 g/mol. The molecule has 1 aromatic heterocycles. The van der Waals surface area contributed by atoms with Crippen LogP contribution in [0.1, 0.15) is 54.8 Å². The Kier molecular flexibility index (Phi) is 6.12. The van der Waals surface area contributed by atoms with E-state index in [-0.39, 0.29) is 23.7 Å². The average Bonchev–Trinajstić information content (AvgIpc) is 3.18. The number of nitrogens with zero attached hydrogens (tertiary/aromatic N) is 2. The van der Waals surface area contributed by atoms with E-state index in [9.17, 15) is 9.59 Å². The maximum absolute atomic E-state index is 13.8. The van der Waals surface area contributed by atoms with Gasteiger partial charge in [-0.3, -0.25) is 14.6 Å². The minimum absolute atomic E-state index is 0.00743. The molecular weight excluding hydrogens is 386 g/mol. The summed E-state index contributed by atoms with van der Waals surface area (Å²) in [6, 6.07) is 11.5. The van der Waals surface area contributed by atoms with Gasteiger partial charge in [0, 0.05) is 17.9 Å². The van der Waals surface area contributed by atoms with E-state index >= 15 is 0 Å². The molecule has 1 saturated heterocycles. The molecule has 1 aliphatic carbocycles. The maximum atomic E-state index is 13.8. The Morgan fingerprint density at radius 1 is 1.03 bits per heavy atom. The topological polar surface area (TPSA) is 62.3 Å². The van der Waals surface area contributed by atoms with Gasteiger partial charge >= 0.3 is 0 Å². The standard InChI is InChI=1S/C26H33N3O2/c1-5-18(6-2)24-25(30)28-23(22-13-19-9-7-8-10-20(19)14-22)26(31)29(24)15-21-12-11-16(3)27-17(21)4/h7-12,18,22-24H,5-6,13-15H2,1-4H3,(H,28,30)/t23-,24-/m1/s1. The fraction of sp³-hybridized carbons (Fsp3) is 0.500. The fourth-order valence-electron chi connectivity index (χ4n) is 5.35. The van der Waals surface area contributed by atoms with Gasteiger partial charge in [0.2, 0.25) is 11.8 Å². The summed E-state index contributed by atoms with van der Waals surface area (Å²) in [7, 11) is 0. The first kappa shape index (κ1) is 21.5. The molecule has 0 unspecified atom stereocenters. The highest BCUT2D eigenvalue weighted by atomic mass is 16.2. The molecule has 31 heavy (non-hydrogen) atoms. The van der Waals surface area contributed by atoms with Crippen molar-refractivity contribution in [3.63, 3.8) is 0 Å². The lowest BCUT2D eigenvalue weighted by atomic mass is 9.86. The zero-order valence-electron chi connectivity index (χ0n) is 19.0. The van der Waals surface area contributed by atoms with Crippen LogP contribution in [0.4, 0.5) is 0 Å². The molecule has 5 heteroatoms. The van der Waals surface area contributed by atoms with Gasteiger partial charge < -0.3 is 10.2 Å². The van der Waals surface area contributed by atoms with Gasteiger partial charge in [-0.05, 0) is 61.3 Å². The monoisotopic (exact) mass is 419 g/mol. The SMILES string of the molecule is CCC(CC)[C@@H]1C(=O)N[C@H](C2Cc3ccccc3C2)C(=O)N1Cc1ccc(C)nc1C. The van der Waals surface area contributed by atoms with E-state index in [0.29, 0.717) is 6.54 Å². The Morgan fingerprint density at radius 2 is 1.68 bits per heavy atom. The van der Waals surface area contributed by atoms with E-state index in [1.165, 1.54) is 11.1 Å². The number of rotatable bonds is 6. The van der Waals surface area contributed by atoms with E-state index < -0.39 is 12.1 Å². The van der Waals surface area contributed by atoms with E-state index in [2.05, 4.69) is 36.3 Å². The third-order valence-electron chi connectivity index (χ3n) is 7.18. The Labute approximate surface area is 185 Å². The lowest BCUT2D eigenvalue weighted by Gasteiger charge is -2.43. The number of aromatic nitrogens is 1. The van der Waals surface area contributed by atoms with Crippen molar-refractivity contribution in [2.24, 2.45) is 11.8 Å². The van der Waals surface area contributed by atoms with Crippen molar-refractivity contribution >= 4 is 11.8 Å². The summed E-state index contributed by atoms with van der Waals surface area (Å²) in [5.41, 5.74) is 5.48. The second-order valence-electron chi connectivity index (χ2n) is 9.11. The van der Waals surface area contributed by atoms with Gasteiger partial charge in [-0.15, -0.1) is 0 Å². The van der Waals surface area contributed by atoms with Gasteiger partial charge in [0.1, 0.15) is 12.1 Å². The predicted molar refractivity (Wildman–Crippen MR) is 121 cm³/mol. The van der Waals surface area contributed by atoms with Crippen molar-refractivity contribution in [1.29, 1.82) is 0 Å². The minimum Gasteiger partial charge on any atom is -0.342 e. The van der Waals surface area contributed by atoms with Crippen molar-refractivity contribution in [3.05, 3.63) is 64.5 Å². The zero-order valence-corrected chi connectivity index (χ0v) is 19.0. The van der Waals surface area contributed by atoms with Crippen LogP contribution in [0, 0.1) is 25.7 Å². The van der Waals surface area contributed by atoms with E-state index in [1.807, 2.05) is 43.0 Å². The zero-order chi connectivity index (χ0) is 22.1. The Balaban J connectivity index is 1.65. The number of amides is 2. The number of aryl methyl sites for hydroxylation is 2. The molecule has 2 heterocycles. The number of fused-ring (bicyclic) bond motifs is 1. The lowest BCUT2D eigenvalue weighted by Crippen LogP contribution is -2.66. The number of hydrogen-bond acceptors (Lipinski definition) is 3. The van der Waals surface area contributed by atoms with Crippen LogP contribution in [-0.4, -0.2) is 33.8 Å². The first-order chi connectivity index (χ1) is 14.9. The molecule has 2 amide bonds. The second kappa shape index (κ2) is 8.81. The summed E-state index contributed by atoms with van der Waals surface area (Å²) < 4.78 is 0. The highest BCUT2D eigenvalue weighted by Gasteiger charge is 2.47. The van der Waals surface area contributed by atoms with Crippen LogP contribution in [0.2, 0.25) is 0 Å². The highest BCUT2D eigenvalue weighted by molar-refractivity contribution is 5.97. The summed E-state index contributed by atoms with van der Waals surface area (Å²) in [6.07, 6.45) is 3.40. The Morgan fingerprint density at radius 3 is 2.26 bits per heavy atom. The van der Waals surface area contributed by atoms with Crippen LogP contribution in [0.5, 0.6) is 0 Å². The number of nitrogens with one attached hydrogen (secondary N) is 1. The van der Waals surface area contributed by atoms with Crippen molar-refractivity contribution in [3.8, 4) is 0 Å². The number of hydrogen-bond donors (Lipinski definition) is 1. The lowest BCUT2D eigenvalue weighted by molar-refractivity contribution is -0.154. The molecule has 1 fully saturated rings. The van der Waals surface area contributed by atoms with Crippen LogP contribution in [-0.2, 0) is 29.0 Å². The molecule has 0 bridgehead atoms. The van der Waals surface area contributed by atoms with Gasteiger partial charge in [0.15, 0.2) is 0 Å². The Hall–Kier alpha value is -2.69. The van der Waals surface area contributed by atoms with E-state index in [0.717, 1.165) is 42.6 Å². The molecule has 2 atom stereocenters. The minimum atomic E-state index is -0.468. The fourth-order valence-corrected chi connectivity index (χ4v) is 5.35. The number of pyridine rings is 1. The van der Waals surface area contributed by atoms with Crippen LogP contribution in [0.3, 0.4) is 0 Å². The maximum Gasteiger partial charge on any atom is 0.246 e. The third-order valence-corrected chi connectivity index (χ3v) is 7.18. The summed E-state index contributed by atoms with van der Waals surface area (Å²) >= 11 is 0. The molecule has 0 spiro atoms. The summed E-state index contributed by atoms with van der Waals surface area (Å²) in [5, 5.41) is 3.14. The molecular formula is C26H33N3O2. The van der Waals surface area contributed by atoms with Crippen molar-refractivity contribution in [2.75, 3.05) is 0 Å².